The maximum atomic E-state index is 14.6. The van der Waals surface area contributed by atoms with E-state index < -0.39 is 6.09 Å². The van der Waals surface area contributed by atoms with Crippen molar-refractivity contribution in [3.63, 3.8) is 0 Å². The number of nitrogens with zero attached hydrogens (tertiary/aromatic N) is 5. The van der Waals surface area contributed by atoms with Gasteiger partial charge in [-0.1, -0.05) is 18.2 Å². The normalized spacial score (nSPS) is 19.5. The maximum Gasteiger partial charge on any atom is 0.409 e. The van der Waals surface area contributed by atoms with Gasteiger partial charge in [-0.2, -0.15) is 5.26 Å². The molecule has 3 aliphatic rings. The highest BCUT2D eigenvalue weighted by molar-refractivity contribution is 5.76. The molecule has 1 unspecified atom stereocenters. The van der Waals surface area contributed by atoms with Crippen LogP contribution < -0.4 is 20.1 Å². The van der Waals surface area contributed by atoms with E-state index >= 15 is 0 Å². The molecule has 1 aliphatic carbocycles. The molecule has 1 atom stereocenters. The van der Waals surface area contributed by atoms with Crippen LogP contribution in [-0.4, -0.2) is 47.1 Å². The summed E-state index contributed by atoms with van der Waals surface area (Å²) in [6, 6.07) is 19.8. The van der Waals surface area contributed by atoms with Crippen LogP contribution in [0.25, 0.3) is 11.1 Å². The highest BCUT2D eigenvalue weighted by Crippen LogP contribution is 2.48. The molecule has 10 heteroatoms. The molecule has 2 N–H and O–H groups in total. The zero-order valence-electron chi connectivity index (χ0n) is 24.8. The van der Waals surface area contributed by atoms with E-state index in [0.29, 0.717) is 40.1 Å². The lowest BCUT2D eigenvalue weighted by molar-refractivity contribution is 0.210. The van der Waals surface area contributed by atoms with Gasteiger partial charge in [-0.3, -0.25) is 4.90 Å². The summed E-state index contributed by atoms with van der Waals surface area (Å²) in [5.74, 6) is 2.21. The van der Waals surface area contributed by atoms with E-state index in [2.05, 4.69) is 25.8 Å². The summed E-state index contributed by atoms with van der Waals surface area (Å²) in [6.07, 6.45) is 6.57. The van der Waals surface area contributed by atoms with Crippen LogP contribution in [0.2, 0.25) is 0 Å². The number of hydrogen-bond acceptors (Lipinski definition) is 8. The Bertz CT molecular complexity index is 1800. The van der Waals surface area contributed by atoms with E-state index in [9.17, 15) is 14.4 Å². The van der Waals surface area contributed by atoms with Crippen LogP contribution in [0, 0.1) is 22.6 Å². The van der Waals surface area contributed by atoms with Crippen LogP contribution in [0.15, 0.2) is 73.2 Å². The van der Waals surface area contributed by atoms with Gasteiger partial charge in [0.1, 0.15) is 23.6 Å². The fourth-order valence-electron chi connectivity index (χ4n) is 6.84. The number of aromatic nitrogens is 2. The number of nitriles is 1. The third-order valence-electron chi connectivity index (χ3n) is 9.09. The van der Waals surface area contributed by atoms with Gasteiger partial charge in [-0.15, -0.1) is 0 Å². The summed E-state index contributed by atoms with van der Waals surface area (Å²) in [4.78, 5) is 24.8. The zero-order valence-corrected chi connectivity index (χ0v) is 24.8. The third-order valence-corrected chi connectivity index (χ3v) is 9.09. The van der Waals surface area contributed by atoms with Crippen LogP contribution >= 0.6 is 0 Å². The molecule has 3 aromatic carbocycles. The fourth-order valence-corrected chi connectivity index (χ4v) is 6.84. The van der Waals surface area contributed by atoms with Crippen LogP contribution in [-0.2, 0) is 6.54 Å². The number of amides is 1. The van der Waals surface area contributed by atoms with Crippen LogP contribution in [0.3, 0.4) is 0 Å². The molecule has 9 nitrogen and oxygen atoms in total. The Hall–Kier alpha value is -5.01. The quantitative estimate of drug-likeness (QED) is 0.246. The molecule has 228 valence electrons. The van der Waals surface area contributed by atoms with E-state index in [0.717, 1.165) is 75.1 Å². The number of anilines is 1. The topological polar surface area (TPSA) is 118 Å². The average Bonchev–Trinajstić information content (AvgIpc) is 3.70. The third kappa shape index (κ3) is 6.17. The lowest BCUT2D eigenvalue weighted by Crippen LogP contribution is -2.31. The molecule has 45 heavy (non-hydrogen) atoms. The van der Waals surface area contributed by atoms with Crippen molar-refractivity contribution < 1.29 is 18.7 Å². The monoisotopic (exact) mass is 604 g/mol. The standard InChI is InChI=1S/C35H33FN6O3/c36-26-7-9-31(30(16-26)28-8-4-23(17-37)15-29(28)25-5-6-25)45-32-18-39-22-40-33(32)42-13-11-35(21-42)10-12-41(20-35)19-24-2-1-3-27(14-24)44-34(38)43/h1-4,7-9,14-16,18,22,25H,5-6,10-13,19-21H2,(H2,38,43). The predicted molar refractivity (Wildman–Crippen MR) is 166 cm³/mol. The first kappa shape index (κ1) is 28.7. The minimum absolute atomic E-state index is 0.117. The van der Waals surface area contributed by atoms with Gasteiger partial charge in [0, 0.05) is 37.2 Å². The number of halogens is 1. The molecular formula is C35H33FN6O3. The second-order valence-corrected chi connectivity index (χ2v) is 12.3. The van der Waals surface area contributed by atoms with Crippen LogP contribution in [0.1, 0.15) is 48.3 Å². The molecule has 4 aromatic rings. The molecule has 3 heterocycles. The maximum absolute atomic E-state index is 14.6. The molecule has 3 fully saturated rings. The van der Waals surface area contributed by atoms with Crippen LogP contribution in [0.5, 0.6) is 17.2 Å². The van der Waals surface area contributed by atoms with Crippen molar-refractivity contribution in [1.29, 1.82) is 5.26 Å². The summed E-state index contributed by atoms with van der Waals surface area (Å²) < 4.78 is 26.2. The molecule has 2 aliphatic heterocycles. The fraction of sp³-hybridized carbons (Fsp3) is 0.314. The van der Waals surface area contributed by atoms with E-state index in [1.807, 2.05) is 30.3 Å². The molecule has 2 saturated heterocycles. The number of likely N-dealkylation sites (tertiary alicyclic amines) is 1. The Balaban J connectivity index is 1.09. The number of hydrogen-bond donors (Lipinski definition) is 1. The average molecular weight is 605 g/mol. The lowest BCUT2D eigenvalue weighted by atomic mass is 9.86. The van der Waals surface area contributed by atoms with Crippen molar-refractivity contribution in [3.8, 4) is 34.4 Å². The first-order valence-electron chi connectivity index (χ1n) is 15.2. The predicted octanol–water partition coefficient (Wildman–Crippen LogP) is 6.38. The first-order chi connectivity index (χ1) is 21.9. The van der Waals surface area contributed by atoms with E-state index in [1.165, 1.54) is 18.5 Å². The Labute approximate surface area is 261 Å². The second kappa shape index (κ2) is 11.8. The number of primary amides is 1. The van der Waals surface area contributed by atoms with Gasteiger partial charge in [0.25, 0.3) is 0 Å². The number of ether oxygens (including phenoxy) is 2. The smallest absolute Gasteiger partial charge is 0.409 e. The Morgan fingerprint density at radius 2 is 1.91 bits per heavy atom. The van der Waals surface area contributed by atoms with Gasteiger partial charge in [0.15, 0.2) is 11.6 Å². The van der Waals surface area contributed by atoms with E-state index in [-0.39, 0.29) is 11.2 Å². The SMILES string of the molecule is N#Cc1ccc(-c2cc(F)ccc2Oc2cncnc2N2CCC3(CCN(Cc4cccc(OC(N)=O)c4)C3)C2)c(C2CC2)c1. The number of benzene rings is 3. The molecule has 1 aromatic heterocycles. The molecule has 1 spiro atoms. The Kier molecular flexibility index (Phi) is 7.55. The van der Waals surface area contributed by atoms with Crippen molar-refractivity contribution in [3.05, 3.63) is 95.7 Å². The largest absolute Gasteiger partial charge is 0.451 e. The zero-order chi connectivity index (χ0) is 31.0. The molecule has 1 amide bonds. The van der Waals surface area contributed by atoms with Gasteiger partial charge >= 0.3 is 6.09 Å². The number of carbonyl (C=O) groups excluding carboxylic acids is 1. The van der Waals surface area contributed by atoms with Crippen molar-refractivity contribution in [2.24, 2.45) is 11.1 Å². The number of carbonyl (C=O) groups is 1. The second-order valence-electron chi connectivity index (χ2n) is 12.3. The summed E-state index contributed by atoms with van der Waals surface area (Å²) in [5, 5.41) is 9.47. The van der Waals surface area contributed by atoms with E-state index in [1.54, 1.807) is 24.4 Å². The van der Waals surface area contributed by atoms with E-state index in [4.69, 9.17) is 15.2 Å². The van der Waals surface area contributed by atoms with Crippen molar-refractivity contribution in [1.82, 2.24) is 14.9 Å². The summed E-state index contributed by atoms with van der Waals surface area (Å²) in [6.45, 7) is 4.33. The van der Waals surface area contributed by atoms with Crippen molar-refractivity contribution in [2.45, 2.75) is 38.1 Å². The highest BCUT2D eigenvalue weighted by atomic mass is 19.1. The number of rotatable bonds is 8. The van der Waals surface area contributed by atoms with Crippen LogP contribution in [0.4, 0.5) is 15.0 Å². The van der Waals surface area contributed by atoms with Crippen molar-refractivity contribution in [2.75, 3.05) is 31.1 Å². The summed E-state index contributed by atoms with van der Waals surface area (Å²) in [5.41, 5.74) is 9.53. The van der Waals surface area contributed by atoms with Gasteiger partial charge in [0.2, 0.25) is 0 Å². The first-order valence-corrected chi connectivity index (χ1v) is 15.2. The molecule has 0 radical (unpaired) electrons. The molecule has 0 bridgehead atoms. The molecule has 1 saturated carbocycles. The Morgan fingerprint density at radius 1 is 1.04 bits per heavy atom. The van der Waals surface area contributed by atoms with Gasteiger partial charge < -0.3 is 20.1 Å². The summed E-state index contributed by atoms with van der Waals surface area (Å²) >= 11 is 0. The minimum Gasteiger partial charge on any atom is -0.451 e. The van der Waals surface area contributed by atoms with Gasteiger partial charge in [-0.25, -0.2) is 19.2 Å². The lowest BCUT2D eigenvalue weighted by Gasteiger charge is -2.26. The van der Waals surface area contributed by atoms with Gasteiger partial charge in [-0.05, 0) is 97.3 Å². The number of nitrogens with two attached hydrogens (primary N) is 1. The minimum atomic E-state index is -0.820. The molecule has 7 rings (SSSR count). The van der Waals surface area contributed by atoms with Gasteiger partial charge in [0.05, 0.1) is 17.8 Å². The molecular weight excluding hydrogens is 571 g/mol. The summed E-state index contributed by atoms with van der Waals surface area (Å²) in [7, 11) is 0. The Morgan fingerprint density at radius 3 is 2.73 bits per heavy atom. The van der Waals surface area contributed by atoms with Crippen molar-refractivity contribution >= 4 is 11.9 Å². The highest BCUT2D eigenvalue weighted by Gasteiger charge is 2.44.